The van der Waals surface area contributed by atoms with E-state index in [9.17, 15) is 0 Å². The molecule has 82 valence electrons. The molecule has 0 aromatic heterocycles. The lowest BCUT2D eigenvalue weighted by molar-refractivity contribution is 0.508. The Kier molecular flexibility index (Phi) is 2.45. The van der Waals surface area contributed by atoms with Crippen LogP contribution in [0.5, 0.6) is 0 Å². The fourth-order valence-corrected chi connectivity index (χ4v) is 5.62. The largest absolute Gasteiger partial charge is 0.427 e. The third-order valence-electron chi connectivity index (χ3n) is 2.76. The summed E-state index contributed by atoms with van der Waals surface area (Å²) in [5.41, 5.74) is 2.60. The first-order valence-electron chi connectivity index (χ1n) is 5.18. The van der Waals surface area contributed by atoms with Crippen LogP contribution in [0.2, 0.25) is 0 Å². The molecule has 2 aliphatic heterocycles. The lowest BCUT2D eigenvalue weighted by Gasteiger charge is -2.05. The molecule has 2 heterocycles. The fourth-order valence-electron chi connectivity index (χ4n) is 1.70. The maximum Gasteiger partial charge on any atom is 0.115 e. The van der Waals surface area contributed by atoms with Crippen LogP contribution in [0.25, 0.3) is 4.91 Å². The average molecular weight is 248 g/mol. The van der Waals surface area contributed by atoms with E-state index in [0.29, 0.717) is 0 Å². The van der Waals surface area contributed by atoms with Crippen molar-refractivity contribution in [1.82, 2.24) is 0 Å². The normalized spacial score (nSPS) is 23.2. The van der Waals surface area contributed by atoms with Gasteiger partial charge in [-0.15, -0.1) is 0 Å². The van der Waals surface area contributed by atoms with E-state index in [-0.39, 0.29) is 9.80 Å². The highest BCUT2D eigenvalue weighted by Gasteiger charge is 2.26. The molecule has 1 nitrogen and oxygen atoms in total. The first kappa shape index (κ1) is 10.2. The molecule has 0 radical (unpaired) electrons. The Morgan fingerprint density at radius 3 is 2.56 bits per heavy atom. The summed E-state index contributed by atoms with van der Waals surface area (Å²) >= 11 is 0. The van der Waals surface area contributed by atoms with Gasteiger partial charge in [0.15, 0.2) is 0 Å². The van der Waals surface area contributed by atoms with Crippen molar-refractivity contribution >= 4 is 30.4 Å². The zero-order valence-corrected chi connectivity index (χ0v) is 10.8. The summed E-state index contributed by atoms with van der Waals surface area (Å²) in [4.78, 5) is 2.69. The van der Waals surface area contributed by atoms with E-state index in [1.165, 1.54) is 20.9 Å². The van der Waals surface area contributed by atoms with E-state index in [1.54, 1.807) is 0 Å². The van der Waals surface area contributed by atoms with Crippen LogP contribution in [-0.4, -0.2) is 4.86 Å². The van der Waals surface area contributed by atoms with Gasteiger partial charge in [0.05, 0.1) is 14.7 Å². The lowest BCUT2D eigenvalue weighted by Crippen LogP contribution is -1.90. The quantitative estimate of drug-likeness (QED) is 0.539. The zero-order valence-electron chi connectivity index (χ0n) is 9.19. The number of hydrogen-bond acceptors (Lipinski definition) is 2. The Bertz CT molecular complexity index is 538. The molecule has 2 aliphatic rings. The van der Waals surface area contributed by atoms with Gasteiger partial charge in [-0.05, 0) is 36.3 Å². The molecule has 0 aliphatic carbocycles. The van der Waals surface area contributed by atoms with Gasteiger partial charge in [0.2, 0.25) is 0 Å². The van der Waals surface area contributed by atoms with Gasteiger partial charge in [-0.25, -0.2) is 0 Å². The highest BCUT2D eigenvalue weighted by atomic mass is 33.1. The molecule has 3 rings (SSSR count). The Hall–Kier alpha value is -0.930. The van der Waals surface area contributed by atoms with Gasteiger partial charge >= 0.3 is 0 Å². The van der Waals surface area contributed by atoms with Gasteiger partial charge in [0, 0.05) is 10.5 Å². The van der Waals surface area contributed by atoms with Crippen LogP contribution in [0.1, 0.15) is 19.4 Å². The van der Waals surface area contributed by atoms with E-state index < -0.39 is 0 Å². The van der Waals surface area contributed by atoms with Crippen LogP contribution in [0.15, 0.2) is 47.7 Å². The second-order valence-electron chi connectivity index (χ2n) is 3.82. The Balaban J connectivity index is 1.96. The van der Waals surface area contributed by atoms with Crippen molar-refractivity contribution in [2.45, 2.75) is 13.8 Å². The van der Waals surface area contributed by atoms with Gasteiger partial charge in [-0.1, -0.05) is 30.3 Å². The maximum absolute atomic E-state index is 5.83. The molecule has 0 bridgehead atoms. The molecule has 0 amide bonds. The van der Waals surface area contributed by atoms with Crippen molar-refractivity contribution < 1.29 is 4.18 Å². The maximum atomic E-state index is 5.83. The second kappa shape index (κ2) is 3.82. The fraction of sp³-hybridized carbons (Fsp3) is 0.154. The van der Waals surface area contributed by atoms with Crippen molar-refractivity contribution in [3.63, 3.8) is 0 Å². The van der Waals surface area contributed by atoms with Crippen LogP contribution in [0, 0.1) is 0 Å². The topological polar surface area (TPSA) is 9.23 Å². The number of allylic oxidation sites excluding steroid dienone is 3. The number of benzene rings is 1. The first-order chi connectivity index (χ1) is 7.75. The van der Waals surface area contributed by atoms with Crippen molar-refractivity contribution in [3.05, 3.63) is 53.3 Å². The summed E-state index contributed by atoms with van der Waals surface area (Å²) in [6.07, 6.45) is 2.27. The number of rotatable bonds is 1. The van der Waals surface area contributed by atoms with Crippen LogP contribution in [0.4, 0.5) is 0 Å². The summed E-state index contributed by atoms with van der Waals surface area (Å²) in [5.74, 6) is 1.08. The smallest absolute Gasteiger partial charge is 0.115 e. The Morgan fingerprint density at radius 2 is 1.88 bits per heavy atom. The molecule has 0 saturated carbocycles. The minimum Gasteiger partial charge on any atom is -0.427 e. The molecule has 1 aromatic carbocycles. The monoisotopic (exact) mass is 248 g/mol. The molecule has 1 aromatic rings. The molecule has 1 unspecified atom stereocenters. The molecular weight excluding hydrogens is 236 g/mol. The third-order valence-corrected chi connectivity index (χ3v) is 6.37. The second-order valence-corrected chi connectivity index (χ2v) is 6.91. The van der Waals surface area contributed by atoms with Crippen molar-refractivity contribution in [1.29, 1.82) is 0 Å². The average Bonchev–Trinajstić information content (AvgIpc) is 2.82. The molecular formula is C13H12OS2. The molecule has 0 spiro atoms. The summed E-state index contributed by atoms with van der Waals surface area (Å²) in [6.45, 7) is 4.19. The first-order valence-corrected chi connectivity index (χ1v) is 7.67. The predicted octanol–water partition coefficient (Wildman–Crippen LogP) is 4.37. The highest BCUT2D eigenvalue weighted by molar-refractivity contribution is 8.86. The van der Waals surface area contributed by atoms with Crippen molar-refractivity contribution in [3.8, 4) is 0 Å². The van der Waals surface area contributed by atoms with Crippen LogP contribution in [0.3, 0.4) is 0 Å². The standard InChI is InChI=1S/C13H12OS2/c1-9-10(2)14-16-13(9)8-12(15-16)11-6-4-3-5-7-11/h3-8H,1-2H3. The van der Waals surface area contributed by atoms with Crippen LogP contribution >= 0.6 is 20.6 Å². The minimum absolute atomic E-state index is 0.0920. The van der Waals surface area contributed by atoms with Gasteiger partial charge in [0.25, 0.3) is 0 Å². The summed E-state index contributed by atoms with van der Waals surface area (Å²) < 4.78 is 5.83. The predicted molar refractivity (Wildman–Crippen MR) is 74.1 cm³/mol. The lowest BCUT2D eigenvalue weighted by atomic mass is 10.1. The Labute approximate surface area is 102 Å². The number of hydrogen-bond donors (Lipinski definition) is 0. The van der Waals surface area contributed by atoms with Gasteiger partial charge < -0.3 is 4.18 Å². The zero-order chi connectivity index (χ0) is 11.1. The molecule has 0 saturated heterocycles. The molecule has 1 atom stereocenters. The summed E-state index contributed by atoms with van der Waals surface area (Å²) in [6, 6.07) is 10.5. The van der Waals surface area contributed by atoms with E-state index >= 15 is 0 Å². The Morgan fingerprint density at radius 1 is 1.12 bits per heavy atom. The molecule has 0 fully saturated rings. The van der Waals surface area contributed by atoms with E-state index in [1.807, 2.05) is 23.8 Å². The van der Waals surface area contributed by atoms with Gasteiger partial charge in [-0.3, -0.25) is 0 Å². The highest BCUT2D eigenvalue weighted by Crippen LogP contribution is 2.54. The molecule has 3 heteroatoms. The van der Waals surface area contributed by atoms with Gasteiger partial charge in [-0.2, -0.15) is 0 Å². The van der Waals surface area contributed by atoms with E-state index in [0.717, 1.165) is 5.76 Å². The van der Waals surface area contributed by atoms with Crippen molar-refractivity contribution in [2.75, 3.05) is 0 Å². The SMILES string of the molecule is CC1=C(C)C2=S(O1)SC(c1ccccc1)=C2. The van der Waals surface area contributed by atoms with Crippen LogP contribution < -0.4 is 0 Å². The van der Waals surface area contributed by atoms with Crippen molar-refractivity contribution in [2.24, 2.45) is 0 Å². The molecule has 16 heavy (non-hydrogen) atoms. The molecule has 0 N–H and O–H groups in total. The van der Waals surface area contributed by atoms with E-state index in [4.69, 9.17) is 4.18 Å². The third kappa shape index (κ3) is 1.55. The van der Waals surface area contributed by atoms with Crippen LogP contribution in [-0.2, 0) is 4.18 Å². The van der Waals surface area contributed by atoms with E-state index in [2.05, 4.69) is 37.3 Å². The summed E-state index contributed by atoms with van der Waals surface area (Å²) in [7, 11) is 1.74. The minimum atomic E-state index is -0.0920. The van der Waals surface area contributed by atoms with Gasteiger partial charge in [0.1, 0.15) is 5.76 Å². The summed E-state index contributed by atoms with van der Waals surface area (Å²) in [5, 5.41) is 0.